The van der Waals surface area contributed by atoms with Gasteiger partial charge in [-0.2, -0.15) is 0 Å². The summed E-state index contributed by atoms with van der Waals surface area (Å²) >= 11 is 0. The molecule has 2 aliphatic rings. The fraction of sp³-hybridized carbons (Fsp3) is 0.591. The van der Waals surface area contributed by atoms with E-state index in [-0.39, 0.29) is 0 Å². The maximum atomic E-state index is 12.4. The van der Waals surface area contributed by atoms with Crippen LogP contribution in [0.5, 0.6) is 0 Å². The van der Waals surface area contributed by atoms with Gasteiger partial charge in [-0.15, -0.1) is 0 Å². The fourth-order valence-corrected chi connectivity index (χ4v) is 4.33. The molecule has 0 bridgehead atoms. The van der Waals surface area contributed by atoms with Crippen LogP contribution < -0.4 is 0 Å². The zero-order chi connectivity index (χ0) is 18.5. The van der Waals surface area contributed by atoms with Crippen LogP contribution in [0, 0.1) is 0 Å². The van der Waals surface area contributed by atoms with Crippen LogP contribution in [0.2, 0.25) is 0 Å². The summed E-state index contributed by atoms with van der Waals surface area (Å²) in [5.74, 6) is 0.340. The Morgan fingerprint density at radius 3 is 2.59 bits per heavy atom. The van der Waals surface area contributed by atoms with E-state index in [1.54, 1.807) is 0 Å². The SMILES string of the molecule is O=C(CCCc1cn(CN2CCOCC2)c2ccccc12)N1CCCCC1. The third-order valence-electron chi connectivity index (χ3n) is 5.87. The van der Waals surface area contributed by atoms with Crippen molar-refractivity contribution in [3.63, 3.8) is 0 Å². The van der Waals surface area contributed by atoms with E-state index in [1.807, 2.05) is 0 Å². The topological polar surface area (TPSA) is 37.7 Å². The van der Waals surface area contributed by atoms with Gasteiger partial charge < -0.3 is 14.2 Å². The van der Waals surface area contributed by atoms with Crippen molar-refractivity contribution in [1.29, 1.82) is 0 Å². The third kappa shape index (κ3) is 4.53. The number of amides is 1. The van der Waals surface area contributed by atoms with Crippen LogP contribution in [-0.4, -0.2) is 59.7 Å². The molecule has 0 saturated carbocycles. The summed E-state index contributed by atoms with van der Waals surface area (Å²) in [5, 5.41) is 1.33. The molecule has 2 aromatic rings. The van der Waals surface area contributed by atoms with Crippen LogP contribution in [0.1, 0.15) is 37.7 Å². The first-order valence-corrected chi connectivity index (χ1v) is 10.5. The fourth-order valence-electron chi connectivity index (χ4n) is 4.33. The van der Waals surface area contributed by atoms with Gasteiger partial charge in [0.15, 0.2) is 0 Å². The molecule has 0 atom stereocenters. The second-order valence-electron chi connectivity index (χ2n) is 7.81. The molecular formula is C22H31N3O2. The lowest BCUT2D eigenvalue weighted by atomic mass is 10.1. The summed E-state index contributed by atoms with van der Waals surface area (Å²) in [6.45, 7) is 6.46. The summed E-state index contributed by atoms with van der Waals surface area (Å²) in [4.78, 5) is 16.9. The number of nitrogens with zero attached hydrogens (tertiary/aromatic N) is 3. The number of likely N-dealkylation sites (tertiary alicyclic amines) is 1. The number of carbonyl (C=O) groups excluding carboxylic acids is 1. The minimum absolute atomic E-state index is 0.340. The number of aryl methyl sites for hydroxylation is 1. The van der Waals surface area contributed by atoms with Crippen LogP contribution in [-0.2, 0) is 22.6 Å². The second kappa shape index (κ2) is 8.89. The average molecular weight is 370 g/mol. The Labute approximate surface area is 161 Å². The summed E-state index contributed by atoms with van der Waals surface area (Å²) in [5.41, 5.74) is 2.66. The number of fused-ring (bicyclic) bond motifs is 1. The number of carbonyl (C=O) groups is 1. The number of aromatic nitrogens is 1. The zero-order valence-electron chi connectivity index (χ0n) is 16.2. The normalized spacial score (nSPS) is 18.9. The van der Waals surface area contributed by atoms with Gasteiger partial charge in [-0.1, -0.05) is 18.2 Å². The molecule has 5 heteroatoms. The molecule has 27 heavy (non-hydrogen) atoms. The number of para-hydroxylation sites is 1. The molecule has 0 aliphatic carbocycles. The van der Waals surface area contributed by atoms with Gasteiger partial charge in [0.25, 0.3) is 0 Å². The number of morpholine rings is 1. The van der Waals surface area contributed by atoms with Gasteiger partial charge in [0.05, 0.1) is 19.9 Å². The molecule has 2 aliphatic heterocycles. The van der Waals surface area contributed by atoms with E-state index in [2.05, 4.69) is 44.8 Å². The summed E-state index contributed by atoms with van der Waals surface area (Å²) in [6, 6.07) is 8.65. The third-order valence-corrected chi connectivity index (χ3v) is 5.87. The Hall–Kier alpha value is -1.85. The smallest absolute Gasteiger partial charge is 0.222 e. The molecule has 0 radical (unpaired) electrons. The molecule has 5 nitrogen and oxygen atoms in total. The first-order valence-electron chi connectivity index (χ1n) is 10.5. The molecule has 1 aromatic carbocycles. The van der Waals surface area contributed by atoms with E-state index in [9.17, 15) is 4.79 Å². The Morgan fingerprint density at radius 1 is 1.00 bits per heavy atom. The molecule has 146 valence electrons. The van der Waals surface area contributed by atoms with Gasteiger partial charge in [-0.3, -0.25) is 9.69 Å². The van der Waals surface area contributed by atoms with E-state index in [4.69, 9.17) is 4.74 Å². The molecule has 2 fully saturated rings. The van der Waals surface area contributed by atoms with Gasteiger partial charge in [0, 0.05) is 49.7 Å². The van der Waals surface area contributed by atoms with Crippen LogP contribution in [0.4, 0.5) is 0 Å². The maximum absolute atomic E-state index is 12.4. The Kier molecular flexibility index (Phi) is 6.10. The van der Waals surface area contributed by atoms with Gasteiger partial charge in [0.2, 0.25) is 5.91 Å². The molecule has 1 amide bonds. The lowest BCUT2D eigenvalue weighted by Gasteiger charge is -2.27. The number of rotatable bonds is 6. The Morgan fingerprint density at radius 2 is 1.78 bits per heavy atom. The van der Waals surface area contributed by atoms with Gasteiger partial charge in [-0.05, 0) is 43.7 Å². The van der Waals surface area contributed by atoms with Crippen molar-refractivity contribution in [1.82, 2.24) is 14.4 Å². The monoisotopic (exact) mass is 369 g/mol. The molecule has 4 rings (SSSR count). The summed E-state index contributed by atoms with van der Waals surface area (Å²) in [7, 11) is 0. The molecule has 2 saturated heterocycles. The van der Waals surface area contributed by atoms with Crippen molar-refractivity contribution in [3.05, 3.63) is 36.0 Å². The number of ether oxygens (including phenoxy) is 1. The minimum atomic E-state index is 0.340. The highest BCUT2D eigenvalue weighted by Gasteiger charge is 2.17. The van der Waals surface area contributed by atoms with Gasteiger partial charge in [0.1, 0.15) is 0 Å². The minimum Gasteiger partial charge on any atom is -0.379 e. The van der Waals surface area contributed by atoms with Gasteiger partial charge in [-0.25, -0.2) is 0 Å². The van der Waals surface area contributed by atoms with Crippen LogP contribution in [0.15, 0.2) is 30.5 Å². The van der Waals surface area contributed by atoms with Crippen LogP contribution in [0.25, 0.3) is 10.9 Å². The van der Waals surface area contributed by atoms with Crippen molar-refractivity contribution in [3.8, 4) is 0 Å². The first kappa shape index (κ1) is 18.5. The molecule has 1 aromatic heterocycles. The van der Waals surface area contributed by atoms with Crippen molar-refractivity contribution >= 4 is 16.8 Å². The second-order valence-corrected chi connectivity index (χ2v) is 7.81. The first-order chi connectivity index (χ1) is 13.3. The molecule has 0 spiro atoms. The number of benzene rings is 1. The maximum Gasteiger partial charge on any atom is 0.222 e. The average Bonchev–Trinajstić information content (AvgIpc) is 3.07. The highest BCUT2D eigenvalue weighted by Crippen LogP contribution is 2.24. The number of hydrogen-bond donors (Lipinski definition) is 0. The summed E-state index contributed by atoms with van der Waals surface area (Å²) < 4.78 is 7.83. The van der Waals surface area contributed by atoms with E-state index in [0.717, 1.165) is 58.9 Å². The van der Waals surface area contributed by atoms with Crippen LogP contribution >= 0.6 is 0 Å². The highest BCUT2D eigenvalue weighted by atomic mass is 16.5. The number of piperidine rings is 1. The predicted molar refractivity (Wildman–Crippen MR) is 108 cm³/mol. The molecular weight excluding hydrogens is 338 g/mol. The Bertz CT molecular complexity index is 758. The quantitative estimate of drug-likeness (QED) is 0.784. The lowest BCUT2D eigenvalue weighted by Crippen LogP contribution is -2.37. The van der Waals surface area contributed by atoms with E-state index in [1.165, 1.54) is 35.7 Å². The zero-order valence-corrected chi connectivity index (χ0v) is 16.2. The van der Waals surface area contributed by atoms with E-state index >= 15 is 0 Å². The van der Waals surface area contributed by atoms with E-state index in [0.29, 0.717) is 12.3 Å². The molecule has 3 heterocycles. The molecule has 0 N–H and O–H groups in total. The highest BCUT2D eigenvalue weighted by molar-refractivity contribution is 5.84. The van der Waals surface area contributed by atoms with Crippen molar-refractivity contribution in [2.24, 2.45) is 0 Å². The van der Waals surface area contributed by atoms with Crippen LogP contribution in [0.3, 0.4) is 0 Å². The Balaban J connectivity index is 1.39. The largest absolute Gasteiger partial charge is 0.379 e. The van der Waals surface area contributed by atoms with Crippen molar-refractivity contribution in [2.45, 2.75) is 45.2 Å². The molecule has 0 unspecified atom stereocenters. The van der Waals surface area contributed by atoms with E-state index < -0.39 is 0 Å². The predicted octanol–water partition coefficient (Wildman–Crippen LogP) is 3.27. The lowest BCUT2D eigenvalue weighted by molar-refractivity contribution is -0.132. The van der Waals surface area contributed by atoms with Crippen molar-refractivity contribution in [2.75, 3.05) is 39.4 Å². The van der Waals surface area contributed by atoms with Gasteiger partial charge >= 0.3 is 0 Å². The summed E-state index contributed by atoms with van der Waals surface area (Å²) in [6.07, 6.45) is 8.47. The number of hydrogen-bond acceptors (Lipinski definition) is 3. The van der Waals surface area contributed by atoms with Crippen molar-refractivity contribution < 1.29 is 9.53 Å². The standard InChI is InChI=1S/C22H31N3O2/c26-22(24-11-4-1-5-12-24)10-6-7-19-17-25(18-23-13-15-27-16-14-23)21-9-3-2-8-20(19)21/h2-3,8-9,17H,1,4-7,10-16,18H2.